The van der Waals surface area contributed by atoms with E-state index in [1.54, 1.807) is 24.3 Å². The maximum absolute atomic E-state index is 12.8. The van der Waals surface area contributed by atoms with Crippen molar-refractivity contribution in [2.45, 2.75) is 18.6 Å². The molecule has 9 heteroatoms. The minimum atomic E-state index is -4.58. The Bertz CT molecular complexity index is 1040. The molecule has 2 amide bonds. The molecule has 0 unspecified atom stereocenters. The van der Waals surface area contributed by atoms with Crippen LogP contribution < -0.4 is 11.1 Å². The van der Waals surface area contributed by atoms with Crippen molar-refractivity contribution in [1.82, 2.24) is 15.3 Å². The molecule has 0 saturated heterocycles. The monoisotopic (exact) mass is 388 g/mol. The molecule has 0 aliphatic rings. The van der Waals surface area contributed by atoms with Crippen LogP contribution in [0.3, 0.4) is 0 Å². The van der Waals surface area contributed by atoms with Crippen molar-refractivity contribution in [3.05, 3.63) is 71.5 Å². The van der Waals surface area contributed by atoms with Crippen LogP contribution in [0.15, 0.2) is 54.7 Å². The van der Waals surface area contributed by atoms with Crippen molar-refractivity contribution in [3.8, 4) is 0 Å². The number of carbonyl (C=O) groups excluding carboxylic acids is 2. The van der Waals surface area contributed by atoms with Gasteiger partial charge < -0.3 is 11.1 Å². The zero-order valence-electron chi connectivity index (χ0n) is 14.4. The van der Waals surface area contributed by atoms with Crippen molar-refractivity contribution in [1.29, 1.82) is 0 Å². The Morgan fingerprint density at radius 1 is 1.07 bits per heavy atom. The third-order valence-corrected chi connectivity index (χ3v) is 4.01. The van der Waals surface area contributed by atoms with E-state index in [-0.39, 0.29) is 12.0 Å². The molecule has 0 radical (unpaired) electrons. The molecule has 1 atom stereocenters. The number of nitrogens with one attached hydrogen (secondary N) is 1. The maximum atomic E-state index is 12.8. The van der Waals surface area contributed by atoms with Gasteiger partial charge in [0.25, 0.3) is 5.91 Å². The lowest BCUT2D eigenvalue weighted by molar-refractivity contribution is -0.137. The molecule has 6 nitrogen and oxygen atoms in total. The topological polar surface area (TPSA) is 98.0 Å². The third-order valence-electron chi connectivity index (χ3n) is 4.01. The Labute approximate surface area is 157 Å². The number of aromatic nitrogens is 2. The molecule has 0 saturated carbocycles. The van der Waals surface area contributed by atoms with E-state index in [2.05, 4.69) is 15.3 Å². The van der Waals surface area contributed by atoms with E-state index in [1.165, 1.54) is 12.3 Å². The molecule has 0 bridgehead atoms. The fraction of sp³-hybridized carbons (Fsp3) is 0.158. The summed E-state index contributed by atoms with van der Waals surface area (Å²) in [5.74, 6) is -1.68. The van der Waals surface area contributed by atoms with Gasteiger partial charge in [-0.25, -0.2) is 4.98 Å². The number of rotatable bonds is 5. The predicted molar refractivity (Wildman–Crippen MR) is 95.1 cm³/mol. The van der Waals surface area contributed by atoms with Crippen molar-refractivity contribution < 1.29 is 22.8 Å². The summed E-state index contributed by atoms with van der Waals surface area (Å²) in [6, 6.07) is 9.84. The smallest absolute Gasteiger partial charge is 0.368 e. The Balaban J connectivity index is 1.79. The fourth-order valence-corrected chi connectivity index (χ4v) is 2.60. The van der Waals surface area contributed by atoms with Gasteiger partial charge in [-0.05, 0) is 30.3 Å². The number of hydrogen-bond acceptors (Lipinski definition) is 4. The molecule has 28 heavy (non-hydrogen) atoms. The lowest BCUT2D eigenvalue weighted by Crippen LogP contribution is -2.46. The molecule has 1 aromatic heterocycles. The van der Waals surface area contributed by atoms with Gasteiger partial charge in [0.05, 0.1) is 22.3 Å². The second-order valence-corrected chi connectivity index (χ2v) is 6.06. The predicted octanol–water partition coefficient (Wildman–Crippen LogP) is 2.47. The van der Waals surface area contributed by atoms with E-state index in [1.807, 2.05) is 0 Å². The third kappa shape index (κ3) is 4.43. The Kier molecular flexibility index (Phi) is 5.25. The largest absolute Gasteiger partial charge is 0.416 e. The molecule has 144 valence electrons. The van der Waals surface area contributed by atoms with Crippen LogP contribution in [0, 0.1) is 0 Å². The first-order valence-electron chi connectivity index (χ1n) is 8.22. The first kappa shape index (κ1) is 19.3. The number of alkyl halides is 3. The normalized spacial score (nSPS) is 12.5. The van der Waals surface area contributed by atoms with Crippen molar-refractivity contribution in [2.24, 2.45) is 5.73 Å². The molecule has 2 aromatic carbocycles. The summed E-state index contributed by atoms with van der Waals surface area (Å²) in [7, 11) is 0. The number of carbonyl (C=O) groups is 2. The van der Waals surface area contributed by atoms with Crippen LogP contribution in [0.1, 0.15) is 21.6 Å². The minimum absolute atomic E-state index is 0.0438. The van der Waals surface area contributed by atoms with E-state index < -0.39 is 29.6 Å². The quantitative estimate of drug-likeness (QED) is 0.702. The van der Waals surface area contributed by atoms with Gasteiger partial charge in [0.15, 0.2) is 0 Å². The molecule has 0 aliphatic heterocycles. The number of nitrogens with two attached hydrogens (primary N) is 1. The van der Waals surface area contributed by atoms with Gasteiger partial charge in [0.2, 0.25) is 5.91 Å². The zero-order chi connectivity index (χ0) is 20.3. The summed E-state index contributed by atoms with van der Waals surface area (Å²) >= 11 is 0. The van der Waals surface area contributed by atoms with Gasteiger partial charge in [-0.1, -0.05) is 18.2 Å². The van der Waals surface area contributed by atoms with E-state index in [9.17, 15) is 22.8 Å². The summed E-state index contributed by atoms with van der Waals surface area (Å²) in [4.78, 5) is 32.6. The molecular weight excluding hydrogens is 373 g/mol. The molecule has 3 aromatic rings. The SMILES string of the molecule is NC(=O)[C@H](Cc1cnc2ccccc2n1)NC(=O)c1cccc(C(F)(F)F)c1. The first-order chi connectivity index (χ1) is 13.2. The maximum Gasteiger partial charge on any atom is 0.416 e. The summed E-state index contributed by atoms with van der Waals surface area (Å²) < 4.78 is 38.4. The summed E-state index contributed by atoms with van der Waals surface area (Å²) in [5.41, 5.74) is 5.82. The summed E-state index contributed by atoms with van der Waals surface area (Å²) in [6.07, 6.45) is -3.17. The number of nitrogens with zero attached hydrogens (tertiary/aromatic N) is 2. The fourth-order valence-electron chi connectivity index (χ4n) is 2.60. The molecule has 3 N–H and O–H groups in total. The van der Waals surface area contributed by atoms with Gasteiger partial charge in [0.1, 0.15) is 6.04 Å². The highest BCUT2D eigenvalue weighted by Gasteiger charge is 2.31. The molecule has 0 aliphatic carbocycles. The lowest BCUT2D eigenvalue weighted by Gasteiger charge is -2.16. The first-order valence-corrected chi connectivity index (χ1v) is 8.22. The molecule has 0 fully saturated rings. The number of amides is 2. The number of fused-ring (bicyclic) bond motifs is 1. The van der Waals surface area contributed by atoms with Crippen LogP contribution in [0.5, 0.6) is 0 Å². The van der Waals surface area contributed by atoms with Crippen molar-refractivity contribution in [2.75, 3.05) is 0 Å². The summed E-state index contributed by atoms with van der Waals surface area (Å²) in [6.45, 7) is 0. The van der Waals surface area contributed by atoms with Gasteiger partial charge in [-0.2, -0.15) is 13.2 Å². The minimum Gasteiger partial charge on any atom is -0.368 e. The van der Waals surface area contributed by atoms with Gasteiger partial charge >= 0.3 is 6.18 Å². The average molecular weight is 388 g/mol. The second-order valence-electron chi connectivity index (χ2n) is 6.06. The number of para-hydroxylation sites is 2. The van der Waals surface area contributed by atoms with Crippen LogP contribution in [-0.2, 0) is 17.4 Å². The standard InChI is InChI=1S/C19H15F3N4O2/c20-19(21,22)12-5-3-4-11(8-12)18(28)26-16(17(23)27)9-13-10-24-14-6-1-2-7-15(14)25-13/h1-8,10,16H,9H2,(H2,23,27)(H,26,28)/t16-/m0/s1. The van der Waals surface area contributed by atoms with E-state index in [4.69, 9.17) is 5.73 Å². The molecule has 0 spiro atoms. The molecule has 3 rings (SSSR count). The second kappa shape index (κ2) is 7.63. The Morgan fingerprint density at radius 2 is 1.79 bits per heavy atom. The van der Waals surface area contributed by atoms with E-state index >= 15 is 0 Å². The van der Waals surface area contributed by atoms with E-state index in [0.717, 1.165) is 12.1 Å². The summed E-state index contributed by atoms with van der Waals surface area (Å²) in [5, 5.41) is 2.36. The molecular formula is C19H15F3N4O2. The zero-order valence-corrected chi connectivity index (χ0v) is 14.4. The highest BCUT2D eigenvalue weighted by molar-refractivity contribution is 5.97. The number of primary amides is 1. The Hall–Kier alpha value is -3.49. The van der Waals surface area contributed by atoms with Crippen LogP contribution in [-0.4, -0.2) is 27.8 Å². The van der Waals surface area contributed by atoms with Crippen molar-refractivity contribution >= 4 is 22.8 Å². The van der Waals surface area contributed by atoms with Crippen LogP contribution >= 0.6 is 0 Å². The van der Waals surface area contributed by atoms with Gasteiger partial charge in [0, 0.05) is 18.2 Å². The average Bonchev–Trinajstić information content (AvgIpc) is 2.66. The highest BCUT2D eigenvalue weighted by atomic mass is 19.4. The molecule has 1 heterocycles. The Morgan fingerprint density at radius 3 is 2.46 bits per heavy atom. The van der Waals surface area contributed by atoms with Gasteiger partial charge in [-0.3, -0.25) is 14.6 Å². The van der Waals surface area contributed by atoms with Crippen LogP contribution in [0.25, 0.3) is 11.0 Å². The lowest BCUT2D eigenvalue weighted by atomic mass is 10.1. The number of hydrogen-bond donors (Lipinski definition) is 2. The number of benzene rings is 2. The van der Waals surface area contributed by atoms with Crippen molar-refractivity contribution in [3.63, 3.8) is 0 Å². The highest BCUT2D eigenvalue weighted by Crippen LogP contribution is 2.29. The van der Waals surface area contributed by atoms with Gasteiger partial charge in [-0.15, -0.1) is 0 Å². The number of halogens is 3. The van der Waals surface area contributed by atoms with Crippen LogP contribution in [0.2, 0.25) is 0 Å². The van der Waals surface area contributed by atoms with E-state index in [0.29, 0.717) is 22.8 Å². The van der Waals surface area contributed by atoms with Crippen LogP contribution in [0.4, 0.5) is 13.2 Å².